The number of carbonyl (C=O) groups is 2. The molecule has 2 amide bonds. The highest BCUT2D eigenvalue weighted by molar-refractivity contribution is 8.00. The van der Waals surface area contributed by atoms with E-state index in [1.807, 2.05) is 45.9 Å². The molecule has 0 aliphatic rings. The molecule has 0 bridgehead atoms. The van der Waals surface area contributed by atoms with Crippen LogP contribution in [0.1, 0.15) is 35.3 Å². The highest BCUT2D eigenvalue weighted by Gasteiger charge is 2.13. The van der Waals surface area contributed by atoms with Crippen molar-refractivity contribution >= 4 is 23.6 Å². The summed E-state index contributed by atoms with van der Waals surface area (Å²) in [7, 11) is 1.51. The van der Waals surface area contributed by atoms with E-state index in [4.69, 9.17) is 9.47 Å². The molecule has 0 unspecified atom stereocenters. The molecule has 0 heterocycles. The molecule has 0 aliphatic carbocycles. The first-order valence-electron chi connectivity index (χ1n) is 8.94. The summed E-state index contributed by atoms with van der Waals surface area (Å²) < 4.78 is 10.9. The number of ether oxygens (including phenoxy) is 2. The molecule has 2 aromatic carbocycles. The summed E-state index contributed by atoms with van der Waals surface area (Å²) in [5.74, 6) is 0.501. The highest BCUT2D eigenvalue weighted by atomic mass is 32.2. The second kappa shape index (κ2) is 10.0. The van der Waals surface area contributed by atoms with Crippen LogP contribution < -0.4 is 20.3 Å². The van der Waals surface area contributed by atoms with Crippen molar-refractivity contribution in [1.29, 1.82) is 0 Å². The van der Waals surface area contributed by atoms with Gasteiger partial charge < -0.3 is 9.47 Å². The smallest absolute Gasteiger partial charge is 0.269 e. The summed E-state index contributed by atoms with van der Waals surface area (Å²) >= 11 is 1.43. The van der Waals surface area contributed by atoms with Crippen LogP contribution in [0.15, 0.2) is 41.3 Å². The van der Waals surface area contributed by atoms with Crippen LogP contribution in [0.3, 0.4) is 0 Å². The molecule has 2 rings (SSSR count). The van der Waals surface area contributed by atoms with Crippen molar-refractivity contribution in [2.45, 2.75) is 38.7 Å². The Balaban J connectivity index is 1.90. The van der Waals surface area contributed by atoms with E-state index in [0.717, 1.165) is 16.0 Å². The number of benzene rings is 2. The van der Waals surface area contributed by atoms with Crippen LogP contribution in [-0.2, 0) is 4.79 Å². The molecule has 0 saturated carbocycles. The van der Waals surface area contributed by atoms with Crippen LogP contribution in [-0.4, -0.2) is 30.8 Å². The van der Waals surface area contributed by atoms with Gasteiger partial charge in [-0.2, -0.15) is 0 Å². The van der Waals surface area contributed by atoms with Gasteiger partial charge in [-0.3, -0.25) is 20.4 Å². The number of hydrogen-bond acceptors (Lipinski definition) is 5. The molecular weight excluding hydrogens is 376 g/mol. The van der Waals surface area contributed by atoms with Gasteiger partial charge in [-0.15, -0.1) is 11.8 Å². The fraction of sp³-hybridized carbons (Fsp3) is 0.333. The predicted molar refractivity (Wildman–Crippen MR) is 111 cm³/mol. The van der Waals surface area contributed by atoms with Crippen molar-refractivity contribution in [2.75, 3.05) is 12.9 Å². The average Bonchev–Trinajstić information content (AvgIpc) is 2.66. The van der Waals surface area contributed by atoms with Gasteiger partial charge in [-0.1, -0.05) is 17.7 Å². The van der Waals surface area contributed by atoms with Gasteiger partial charge in [0.1, 0.15) is 0 Å². The maximum absolute atomic E-state index is 12.3. The van der Waals surface area contributed by atoms with Crippen LogP contribution in [0, 0.1) is 13.8 Å². The Labute approximate surface area is 170 Å². The van der Waals surface area contributed by atoms with E-state index in [1.165, 1.54) is 18.9 Å². The van der Waals surface area contributed by atoms with Crippen molar-refractivity contribution < 1.29 is 19.1 Å². The third-order valence-corrected chi connectivity index (χ3v) is 4.96. The Morgan fingerprint density at radius 1 is 1.04 bits per heavy atom. The van der Waals surface area contributed by atoms with Crippen molar-refractivity contribution in [3.63, 3.8) is 0 Å². The van der Waals surface area contributed by atoms with E-state index in [1.54, 1.807) is 18.2 Å². The first kappa shape index (κ1) is 21.6. The zero-order chi connectivity index (χ0) is 20.7. The zero-order valence-electron chi connectivity index (χ0n) is 16.8. The van der Waals surface area contributed by atoms with Crippen LogP contribution in [0.25, 0.3) is 0 Å². The molecule has 0 atom stereocenters. The minimum absolute atomic E-state index is 0.0117. The lowest BCUT2D eigenvalue weighted by molar-refractivity contribution is -0.119. The molecule has 28 heavy (non-hydrogen) atoms. The number of amides is 2. The minimum atomic E-state index is -0.431. The number of methoxy groups -OCH3 is 1. The van der Waals surface area contributed by atoms with E-state index in [-0.39, 0.29) is 17.8 Å². The molecule has 2 N–H and O–H groups in total. The SMILES string of the molecule is COc1cc(C(=O)NNC(=O)CSc2cc(C)ccc2C)ccc1OC(C)C. The maximum atomic E-state index is 12.3. The lowest BCUT2D eigenvalue weighted by atomic mass is 10.2. The van der Waals surface area contributed by atoms with Crippen LogP contribution >= 0.6 is 11.8 Å². The number of hydrazine groups is 1. The highest BCUT2D eigenvalue weighted by Crippen LogP contribution is 2.29. The Bertz CT molecular complexity index is 852. The Hall–Kier alpha value is -2.67. The molecule has 0 fully saturated rings. The van der Waals surface area contributed by atoms with Gasteiger partial charge in [-0.25, -0.2) is 0 Å². The fourth-order valence-electron chi connectivity index (χ4n) is 2.40. The topological polar surface area (TPSA) is 76.7 Å². The first-order chi connectivity index (χ1) is 13.3. The molecule has 6 nitrogen and oxygen atoms in total. The summed E-state index contributed by atoms with van der Waals surface area (Å²) in [4.78, 5) is 25.4. The monoisotopic (exact) mass is 402 g/mol. The molecule has 150 valence electrons. The lowest BCUT2D eigenvalue weighted by Crippen LogP contribution is -2.42. The number of rotatable bonds is 7. The molecule has 0 radical (unpaired) electrons. The molecular formula is C21H26N2O4S. The predicted octanol–water partition coefficient (Wildman–Crippen LogP) is 3.65. The Morgan fingerprint density at radius 2 is 1.79 bits per heavy atom. The summed E-state index contributed by atoms with van der Waals surface area (Å²) in [5, 5.41) is 0. The molecule has 0 aromatic heterocycles. The summed E-state index contributed by atoms with van der Waals surface area (Å²) in [6, 6.07) is 11.0. The third-order valence-electron chi connectivity index (χ3n) is 3.81. The molecule has 0 saturated heterocycles. The normalized spacial score (nSPS) is 10.5. The minimum Gasteiger partial charge on any atom is -0.493 e. The third kappa shape index (κ3) is 6.20. The van der Waals surface area contributed by atoms with Gasteiger partial charge in [0.2, 0.25) is 5.91 Å². The Kier molecular flexibility index (Phi) is 7.75. The number of hydrogen-bond donors (Lipinski definition) is 2. The summed E-state index contributed by atoms with van der Waals surface area (Å²) in [6.07, 6.45) is -0.0117. The van der Waals surface area contributed by atoms with Gasteiger partial charge >= 0.3 is 0 Å². The van der Waals surface area contributed by atoms with E-state index in [0.29, 0.717) is 17.1 Å². The number of thioether (sulfide) groups is 1. The van der Waals surface area contributed by atoms with Crippen molar-refractivity contribution in [3.8, 4) is 11.5 Å². The molecule has 0 aliphatic heterocycles. The van der Waals surface area contributed by atoms with Crippen LogP contribution in [0.4, 0.5) is 0 Å². The lowest BCUT2D eigenvalue weighted by Gasteiger charge is -2.14. The average molecular weight is 403 g/mol. The van der Waals surface area contributed by atoms with Crippen LogP contribution in [0.2, 0.25) is 0 Å². The van der Waals surface area contributed by atoms with Crippen molar-refractivity contribution in [2.24, 2.45) is 0 Å². The van der Waals surface area contributed by atoms with Crippen molar-refractivity contribution in [1.82, 2.24) is 10.9 Å². The van der Waals surface area contributed by atoms with Gasteiger partial charge in [-0.05, 0) is 57.5 Å². The van der Waals surface area contributed by atoms with E-state index >= 15 is 0 Å². The van der Waals surface area contributed by atoms with E-state index in [9.17, 15) is 9.59 Å². The largest absolute Gasteiger partial charge is 0.493 e. The van der Waals surface area contributed by atoms with E-state index < -0.39 is 5.91 Å². The first-order valence-corrected chi connectivity index (χ1v) is 9.92. The van der Waals surface area contributed by atoms with Gasteiger partial charge in [0, 0.05) is 10.5 Å². The summed E-state index contributed by atoms with van der Waals surface area (Å²) in [5.41, 5.74) is 7.47. The maximum Gasteiger partial charge on any atom is 0.269 e. The second-order valence-electron chi connectivity index (χ2n) is 6.59. The number of nitrogens with one attached hydrogen (secondary N) is 2. The summed E-state index contributed by atoms with van der Waals surface area (Å²) in [6.45, 7) is 7.83. The van der Waals surface area contributed by atoms with Gasteiger partial charge in [0.25, 0.3) is 5.91 Å². The fourth-order valence-corrected chi connectivity index (χ4v) is 3.32. The number of aryl methyl sites for hydroxylation is 2. The number of carbonyl (C=O) groups excluding carboxylic acids is 2. The van der Waals surface area contributed by atoms with Crippen molar-refractivity contribution in [3.05, 3.63) is 53.1 Å². The van der Waals surface area contributed by atoms with E-state index in [2.05, 4.69) is 10.9 Å². The molecule has 2 aromatic rings. The quantitative estimate of drug-likeness (QED) is 0.546. The molecule has 0 spiro atoms. The second-order valence-corrected chi connectivity index (χ2v) is 7.61. The molecule has 7 heteroatoms. The van der Waals surface area contributed by atoms with Gasteiger partial charge in [0.05, 0.1) is 19.0 Å². The standard InChI is InChI=1S/C21H26N2O4S/c1-13(2)27-17-9-8-16(11-18(17)26-5)21(25)23-22-20(24)12-28-19-10-14(3)6-7-15(19)4/h6-11,13H,12H2,1-5H3,(H,22,24)(H,23,25). The van der Waals surface area contributed by atoms with Crippen LogP contribution in [0.5, 0.6) is 11.5 Å². The Morgan fingerprint density at radius 3 is 2.46 bits per heavy atom. The van der Waals surface area contributed by atoms with Gasteiger partial charge in [0.15, 0.2) is 11.5 Å². The zero-order valence-corrected chi connectivity index (χ0v) is 17.6.